The molecule has 0 aromatic carbocycles. The first-order chi connectivity index (χ1) is 10.1. The summed E-state index contributed by atoms with van der Waals surface area (Å²) in [5, 5.41) is 9.11. The van der Waals surface area contributed by atoms with Crippen LogP contribution in [0.5, 0.6) is 0 Å². The first-order valence-corrected chi connectivity index (χ1v) is 8.14. The second kappa shape index (κ2) is 9.77. The van der Waals surface area contributed by atoms with Crippen LogP contribution in [0.1, 0.15) is 58.3 Å². The molecule has 0 spiro atoms. The highest BCUT2D eigenvalue weighted by atomic mass is 16.5. The zero-order chi connectivity index (χ0) is 15.7. The molecule has 1 rings (SSSR count). The molecule has 21 heavy (non-hydrogen) atoms. The van der Waals surface area contributed by atoms with E-state index in [1.165, 1.54) is 32.1 Å². The third kappa shape index (κ3) is 6.04. The Morgan fingerprint density at radius 2 is 1.71 bits per heavy atom. The molecule has 0 bridgehead atoms. The van der Waals surface area contributed by atoms with Gasteiger partial charge in [0.05, 0.1) is 19.3 Å². The van der Waals surface area contributed by atoms with Crippen LogP contribution in [0, 0.1) is 5.92 Å². The molecule has 5 nitrogen and oxygen atoms in total. The standard InChI is InChI=1S/C16H29NO4/c1-3-4-5-6-7-8-9-10-15(18)17(2)14-12-21-11-13(14)16(19)20/h13-14H,3-12H2,1-2H3,(H,19,20). The van der Waals surface area contributed by atoms with E-state index in [4.69, 9.17) is 9.84 Å². The number of nitrogens with zero attached hydrogens (tertiary/aromatic N) is 1. The number of carbonyl (C=O) groups is 2. The van der Waals surface area contributed by atoms with Gasteiger partial charge in [-0.1, -0.05) is 45.4 Å². The van der Waals surface area contributed by atoms with Crippen LogP contribution in [0.15, 0.2) is 0 Å². The van der Waals surface area contributed by atoms with Crippen molar-refractivity contribution in [2.75, 3.05) is 20.3 Å². The summed E-state index contributed by atoms with van der Waals surface area (Å²) in [5.74, 6) is -1.44. The third-order valence-corrected chi connectivity index (χ3v) is 4.25. The monoisotopic (exact) mass is 299 g/mol. The van der Waals surface area contributed by atoms with Gasteiger partial charge in [-0.2, -0.15) is 0 Å². The summed E-state index contributed by atoms with van der Waals surface area (Å²) in [7, 11) is 1.69. The SMILES string of the molecule is CCCCCCCCCC(=O)N(C)C1COCC1C(=O)O. The van der Waals surface area contributed by atoms with Crippen molar-refractivity contribution in [3.05, 3.63) is 0 Å². The van der Waals surface area contributed by atoms with Crippen molar-refractivity contribution < 1.29 is 19.4 Å². The lowest BCUT2D eigenvalue weighted by Crippen LogP contribution is -2.44. The Hall–Kier alpha value is -1.10. The van der Waals surface area contributed by atoms with Crippen LogP contribution < -0.4 is 0 Å². The van der Waals surface area contributed by atoms with Crippen molar-refractivity contribution >= 4 is 11.9 Å². The van der Waals surface area contributed by atoms with E-state index < -0.39 is 11.9 Å². The Morgan fingerprint density at radius 3 is 2.33 bits per heavy atom. The van der Waals surface area contributed by atoms with E-state index in [1.54, 1.807) is 11.9 Å². The van der Waals surface area contributed by atoms with E-state index in [9.17, 15) is 9.59 Å². The second-order valence-electron chi connectivity index (χ2n) is 5.93. The molecule has 1 saturated heterocycles. The predicted molar refractivity (Wildman–Crippen MR) is 81.1 cm³/mol. The van der Waals surface area contributed by atoms with Crippen molar-refractivity contribution in [3.8, 4) is 0 Å². The summed E-state index contributed by atoms with van der Waals surface area (Å²) < 4.78 is 5.21. The second-order valence-corrected chi connectivity index (χ2v) is 5.93. The van der Waals surface area contributed by atoms with Crippen LogP contribution in [0.4, 0.5) is 0 Å². The van der Waals surface area contributed by atoms with E-state index in [1.807, 2.05) is 0 Å². The lowest BCUT2D eigenvalue weighted by Gasteiger charge is -2.26. The van der Waals surface area contributed by atoms with Crippen LogP contribution in [-0.4, -0.2) is 48.2 Å². The summed E-state index contributed by atoms with van der Waals surface area (Å²) in [5.41, 5.74) is 0. The van der Waals surface area contributed by atoms with Gasteiger partial charge in [-0.15, -0.1) is 0 Å². The molecule has 2 atom stereocenters. The number of amides is 1. The van der Waals surface area contributed by atoms with Gasteiger partial charge in [0.2, 0.25) is 5.91 Å². The number of carboxylic acids is 1. The van der Waals surface area contributed by atoms with Crippen LogP contribution in [-0.2, 0) is 14.3 Å². The van der Waals surface area contributed by atoms with Gasteiger partial charge >= 0.3 is 5.97 Å². The highest BCUT2D eigenvalue weighted by molar-refractivity contribution is 5.78. The van der Waals surface area contributed by atoms with Gasteiger partial charge in [-0.3, -0.25) is 9.59 Å². The highest BCUT2D eigenvalue weighted by Crippen LogP contribution is 2.20. The van der Waals surface area contributed by atoms with Gasteiger partial charge in [0.1, 0.15) is 5.92 Å². The number of rotatable bonds is 10. The van der Waals surface area contributed by atoms with Gasteiger partial charge in [0.25, 0.3) is 0 Å². The molecule has 2 unspecified atom stereocenters. The van der Waals surface area contributed by atoms with Gasteiger partial charge in [0.15, 0.2) is 0 Å². The minimum absolute atomic E-state index is 0.0327. The number of unbranched alkanes of at least 4 members (excludes halogenated alkanes) is 6. The molecule has 1 heterocycles. The Bertz CT molecular complexity index is 332. The Morgan fingerprint density at radius 1 is 1.10 bits per heavy atom. The molecule has 0 saturated carbocycles. The van der Waals surface area contributed by atoms with Gasteiger partial charge in [-0.25, -0.2) is 0 Å². The zero-order valence-electron chi connectivity index (χ0n) is 13.3. The average Bonchev–Trinajstić information content (AvgIpc) is 2.94. The number of carbonyl (C=O) groups excluding carboxylic acids is 1. The molecular formula is C16H29NO4. The largest absolute Gasteiger partial charge is 0.481 e. The fourth-order valence-corrected chi connectivity index (χ4v) is 2.76. The molecule has 0 aromatic heterocycles. The topological polar surface area (TPSA) is 66.8 Å². The van der Waals surface area contributed by atoms with E-state index in [-0.39, 0.29) is 18.6 Å². The number of carboxylic acid groups (broad SMARTS) is 1. The molecule has 1 aliphatic heterocycles. The van der Waals surface area contributed by atoms with Crippen LogP contribution in [0.25, 0.3) is 0 Å². The van der Waals surface area contributed by atoms with Gasteiger partial charge in [-0.05, 0) is 6.42 Å². The molecule has 1 fully saturated rings. The lowest BCUT2D eigenvalue weighted by molar-refractivity contribution is -0.144. The molecule has 0 radical (unpaired) electrons. The fraction of sp³-hybridized carbons (Fsp3) is 0.875. The van der Waals surface area contributed by atoms with Crippen molar-refractivity contribution in [2.24, 2.45) is 5.92 Å². The van der Waals surface area contributed by atoms with Crippen molar-refractivity contribution in [1.29, 1.82) is 0 Å². The molecule has 1 amide bonds. The molecular weight excluding hydrogens is 270 g/mol. The zero-order valence-corrected chi connectivity index (χ0v) is 13.3. The van der Waals surface area contributed by atoms with Crippen LogP contribution in [0.3, 0.4) is 0 Å². The first kappa shape index (κ1) is 18.0. The smallest absolute Gasteiger partial charge is 0.311 e. The summed E-state index contributed by atoms with van der Waals surface area (Å²) in [6.07, 6.45) is 8.72. The molecule has 0 aromatic rings. The lowest BCUT2D eigenvalue weighted by atomic mass is 10.0. The first-order valence-electron chi connectivity index (χ1n) is 8.14. The van der Waals surface area contributed by atoms with Crippen molar-refractivity contribution in [3.63, 3.8) is 0 Å². The van der Waals surface area contributed by atoms with Crippen LogP contribution in [0.2, 0.25) is 0 Å². The quantitative estimate of drug-likeness (QED) is 0.630. The van der Waals surface area contributed by atoms with E-state index in [2.05, 4.69) is 6.92 Å². The number of hydrogen-bond donors (Lipinski definition) is 1. The molecule has 122 valence electrons. The Balaban J connectivity index is 2.20. The molecule has 1 aliphatic rings. The highest BCUT2D eigenvalue weighted by Gasteiger charge is 2.38. The van der Waals surface area contributed by atoms with Crippen molar-refractivity contribution in [2.45, 2.75) is 64.3 Å². The molecule has 0 aliphatic carbocycles. The fourth-order valence-electron chi connectivity index (χ4n) is 2.76. The third-order valence-electron chi connectivity index (χ3n) is 4.25. The van der Waals surface area contributed by atoms with E-state index >= 15 is 0 Å². The molecule has 5 heteroatoms. The normalized spacial score (nSPS) is 21.4. The van der Waals surface area contributed by atoms with E-state index in [0.29, 0.717) is 13.0 Å². The van der Waals surface area contributed by atoms with Crippen molar-refractivity contribution in [1.82, 2.24) is 4.90 Å². The minimum atomic E-state index is -0.881. The maximum atomic E-state index is 12.1. The number of ether oxygens (including phenoxy) is 1. The van der Waals surface area contributed by atoms with E-state index in [0.717, 1.165) is 12.8 Å². The maximum Gasteiger partial charge on any atom is 0.311 e. The Kier molecular flexibility index (Phi) is 8.35. The summed E-state index contributed by atoms with van der Waals surface area (Å²) >= 11 is 0. The predicted octanol–water partition coefficient (Wildman–Crippen LogP) is 2.69. The van der Waals surface area contributed by atoms with Crippen LogP contribution >= 0.6 is 0 Å². The summed E-state index contributed by atoms with van der Waals surface area (Å²) in [6.45, 7) is 2.73. The number of likely N-dealkylation sites (N-methyl/N-ethyl adjacent to an activating group) is 1. The Labute approximate surface area is 127 Å². The number of hydrogen-bond acceptors (Lipinski definition) is 3. The summed E-state index contributed by atoms with van der Waals surface area (Å²) in [6, 6.07) is -0.320. The van der Waals surface area contributed by atoms with Gasteiger partial charge in [0, 0.05) is 13.5 Å². The number of aliphatic carboxylic acids is 1. The summed E-state index contributed by atoms with van der Waals surface area (Å²) in [4.78, 5) is 24.8. The maximum absolute atomic E-state index is 12.1. The van der Waals surface area contributed by atoms with Gasteiger partial charge < -0.3 is 14.7 Å². The minimum Gasteiger partial charge on any atom is -0.481 e. The molecule has 1 N–H and O–H groups in total. The average molecular weight is 299 g/mol.